The van der Waals surface area contributed by atoms with Gasteiger partial charge in [-0.2, -0.15) is 0 Å². The van der Waals surface area contributed by atoms with Crippen molar-refractivity contribution in [2.24, 2.45) is 0 Å². The number of hydrogen-bond acceptors (Lipinski definition) is 3. The molecule has 2 aromatic heterocycles. The van der Waals surface area contributed by atoms with Crippen LogP contribution in [0.5, 0.6) is 0 Å². The molecular weight excluding hydrogens is 292 g/mol. The van der Waals surface area contributed by atoms with Gasteiger partial charge in [0, 0.05) is 6.20 Å². The minimum Gasteiger partial charge on any atom is -0.348 e. The van der Waals surface area contributed by atoms with Crippen molar-refractivity contribution in [1.82, 2.24) is 19.5 Å². The second-order valence-corrected chi connectivity index (χ2v) is 5.57. The number of amides is 1. The molecule has 1 aromatic carbocycles. The van der Waals surface area contributed by atoms with Gasteiger partial charge in [0.05, 0.1) is 6.04 Å². The van der Waals surface area contributed by atoms with Crippen molar-refractivity contribution in [2.75, 3.05) is 0 Å². The third-order valence-electron chi connectivity index (χ3n) is 3.74. The maximum atomic E-state index is 12.2. The summed E-state index contributed by atoms with van der Waals surface area (Å²) in [5.41, 5.74) is 2.39. The highest BCUT2D eigenvalue weighted by Crippen LogP contribution is 2.12. The van der Waals surface area contributed by atoms with Crippen LogP contribution in [0.3, 0.4) is 0 Å². The first-order valence-electron chi connectivity index (χ1n) is 7.45. The van der Waals surface area contributed by atoms with E-state index in [1.165, 1.54) is 14.6 Å². The van der Waals surface area contributed by atoms with Gasteiger partial charge in [-0.1, -0.05) is 35.9 Å². The Morgan fingerprint density at radius 1 is 1.22 bits per heavy atom. The molecule has 0 fully saturated rings. The second kappa shape index (κ2) is 6.08. The summed E-state index contributed by atoms with van der Waals surface area (Å²) in [4.78, 5) is 24.3. The SMILES string of the molecule is Cc1ccc(C(C)NC(=O)Cn2nc3ccccn3c2=O)cc1. The Morgan fingerprint density at radius 2 is 1.96 bits per heavy atom. The number of benzene rings is 1. The van der Waals surface area contributed by atoms with Crippen molar-refractivity contribution >= 4 is 11.6 Å². The fourth-order valence-corrected chi connectivity index (χ4v) is 2.43. The summed E-state index contributed by atoms with van der Waals surface area (Å²) in [6.07, 6.45) is 1.63. The van der Waals surface area contributed by atoms with Crippen molar-refractivity contribution in [3.05, 3.63) is 70.3 Å². The molecule has 23 heavy (non-hydrogen) atoms. The Morgan fingerprint density at radius 3 is 2.65 bits per heavy atom. The Labute approximate surface area is 133 Å². The molecule has 3 aromatic rings. The van der Waals surface area contributed by atoms with E-state index in [0.29, 0.717) is 5.65 Å². The summed E-state index contributed by atoms with van der Waals surface area (Å²) < 4.78 is 2.59. The Balaban J connectivity index is 1.72. The first kappa shape index (κ1) is 15.0. The smallest absolute Gasteiger partial charge is 0.348 e. The average molecular weight is 310 g/mol. The van der Waals surface area contributed by atoms with Gasteiger partial charge >= 0.3 is 5.69 Å². The number of fused-ring (bicyclic) bond motifs is 1. The molecule has 0 saturated carbocycles. The highest BCUT2D eigenvalue weighted by molar-refractivity contribution is 5.76. The van der Waals surface area contributed by atoms with Gasteiger partial charge in [-0.05, 0) is 31.5 Å². The molecule has 1 unspecified atom stereocenters. The van der Waals surface area contributed by atoms with Gasteiger partial charge in [-0.25, -0.2) is 9.48 Å². The van der Waals surface area contributed by atoms with Crippen LogP contribution < -0.4 is 11.0 Å². The summed E-state index contributed by atoms with van der Waals surface area (Å²) in [5, 5.41) is 7.04. The first-order valence-corrected chi connectivity index (χ1v) is 7.45. The zero-order valence-electron chi connectivity index (χ0n) is 13.1. The van der Waals surface area contributed by atoms with Crippen LogP contribution in [0.4, 0.5) is 0 Å². The van der Waals surface area contributed by atoms with Crippen molar-refractivity contribution in [2.45, 2.75) is 26.4 Å². The number of carbonyl (C=O) groups excluding carboxylic acids is 1. The number of carbonyl (C=O) groups is 1. The van der Waals surface area contributed by atoms with Crippen LogP contribution >= 0.6 is 0 Å². The van der Waals surface area contributed by atoms with Gasteiger partial charge < -0.3 is 5.32 Å². The lowest BCUT2D eigenvalue weighted by atomic mass is 10.1. The number of aromatic nitrogens is 3. The van der Waals surface area contributed by atoms with Crippen molar-refractivity contribution < 1.29 is 4.79 Å². The van der Waals surface area contributed by atoms with Crippen LogP contribution in [-0.2, 0) is 11.3 Å². The van der Waals surface area contributed by atoms with E-state index in [1.54, 1.807) is 24.4 Å². The quantitative estimate of drug-likeness (QED) is 0.797. The molecule has 0 aliphatic heterocycles. The molecule has 0 aliphatic rings. The van der Waals surface area contributed by atoms with Crippen LogP contribution in [0, 0.1) is 6.92 Å². The maximum Gasteiger partial charge on any atom is 0.350 e. The molecule has 0 aliphatic carbocycles. The van der Waals surface area contributed by atoms with E-state index in [0.717, 1.165) is 5.56 Å². The monoisotopic (exact) mass is 310 g/mol. The topological polar surface area (TPSA) is 68.4 Å². The third-order valence-corrected chi connectivity index (χ3v) is 3.74. The molecule has 0 bridgehead atoms. The predicted molar refractivity (Wildman–Crippen MR) is 87.2 cm³/mol. The lowest BCUT2D eigenvalue weighted by Gasteiger charge is -2.14. The van der Waals surface area contributed by atoms with E-state index in [1.807, 2.05) is 38.1 Å². The lowest BCUT2D eigenvalue weighted by Crippen LogP contribution is -2.34. The molecule has 0 saturated heterocycles. The summed E-state index contributed by atoms with van der Waals surface area (Å²) in [6, 6.07) is 13.1. The van der Waals surface area contributed by atoms with Crippen LogP contribution in [0.15, 0.2) is 53.5 Å². The number of aryl methyl sites for hydroxylation is 1. The molecule has 6 nitrogen and oxygen atoms in total. The minimum absolute atomic E-state index is 0.100. The van der Waals surface area contributed by atoms with Crippen LogP contribution in [-0.4, -0.2) is 20.1 Å². The normalized spacial score (nSPS) is 12.3. The van der Waals surface area contributed by atoms with Gasteiger partial charge in [-0.15, -0.1) is 5.10 Å². The summed E-state index contributed by atoms with van der Waals surface area (Å²) in [7, 11) is 0. The molecular formula is C17H18N4O2. The molecule has 3 rings (SSSR count). The molecule has 118 valence electrons. The van der Waals surface area contributed by atoms with Gasteiger partial charge in [0.2, 0.25) is 5.91 Å². The largest absolute Gasteiger partial charge is 0.350 e. The Bertz CT molecular complexity index is 893. The van der Waals surface area contributed by atoms with Gasteiger partial charge in [0.1, 0.15) is 6.54 Å². The van der Waals surface area contributed by atoms with Gasteiger partial charge in [0.25, 0.3) is 0 Å². The molecule has 0 spiro atoms. The van der Waals surface area contributed by atoms with Crippen LogP contribution in [0.2, 0.25) is 0 Å². The van der Waals surface area contributed by atoms with E-state index < -0.39 is 0 Å². The number of nitrogens with one attached hydrogen (secondary N) is 1. The van der Waals surface area contributed by atoms with Gasteiger partial charge in [0.15, 0.2) is 5.65 Å². The molecule has 1 amide bonds. The highest BCUT2D eigenvalue weighted by atomic mass is 16.2. The maximum absolute atomic E-state index is 12.2. The van der Waals surface area contributed by atoms with Gasteiger partial charge in [-0.3, -0.25) is 9.20 Å². The number of nitrogens with zero attached hydrogens (tertiary/aromatic N) is 3. The number of pyridine rings is 1. The fourth-order valence-electron chi connectivity index (χ4n) is 2.43. The van der Waals surface area contributed by atoms with Crippen molar-refractivity contribution in [3.63, 3.8) is 0 Å². The second-order valence-electron chi connectivity index (χ2n) is 5.57. The van der Waals surface area contributed by atoms with E-state index >= 15 is 0 Å². The molecule has 2 heterocycles. The number of hydrogen-bond donors (Lipinski definition) is 1. The minimum atomic E-state index is -0.321. The zero-order chi connectivity index (χ0) is 16.4. The van der Waals surface area contributed by atoms with E-state index in [2.05, 4.69) is 10.4 Å². The third kappa shape index (κ3) is 3.15. The van der Waals surface area contributed by atoms with E-state index in [-0.39, 0.29) is 24.2 Å². The first-order chi connectivity index (χ1) is 11.0. The van der Waals surface area contributed by atoms with Crippen molar-refractivity contribution in [1.29, 1.82) is 0 Å². The molecule has 1 N–H and O–H groups in total. The Hall–Kier alpha value is -2.89. The summed E-state index contributed by atoms with van der Waals surface area (Å²) in [5.74, 6) is -0.247. The van der Waals surface area contributed by atoms with E-state index in [4.69, 9.17) is 0 Å². The Kier molecular flexibility index (Phi) is 3.97. The predicted octanol–water partition coefficient (Wildman–Crippen LogP) is 1.68. The zero-order valence-corrected chi connectivity index (χ0v) is 13.1. The standard InChI is InChI=1S/C17H18N4O2/c1-12-6-8-14(9-7-12)13(2)18-16(22)11-21-17(23)20-10-4-3-5-15(20)19-21/h3-10,13H,11H2,1-2H3,(H,18,22). The molecule has 0 radical (unpaired) electrons. The average Bonchev–Trinajstić information content (AvgIpc) is 2.84. The summed E-state index contributed by atoms with van der Waals surface area (Å²) >= 11 is 0. The number of rotatable bonds is 4. The molecule has 6 heteroatoms. The lowest BCUT2D eigenvalue weighted by molar-refractivity contribution is -0.122. The van der Waals surface area contributed by atoms with Crippen molar-refractivity contribution in [3.8, 4) is 0 Å². The highest BCUT2D eigenvalue weighted by Gasteiger charge is 2.13. The van der Waals surface area contributed by atoms with Crippen LogP contribution in [0.25, 0.3) is 5.65 Å². The van der Waals surface area contributed by atoms with Crippen LogP contribution in [0.1, 0.15) is 24.1 Å². The van der Waals surface area contributed by atoms with E-state index in [9.17, 15) is 9.59 Å². The fraction of sp³-hybridized carbons (Fsp3) is 0.235. The summed E-state index contributed by atoms with van der Waals surface area (Å²) in [6.45, 7) is 3.83. The molecule has 1 atom stereocenters.